The SMILES string of the molecule is COc1ccc(Cn2c3ccccc3c3ccc(C(SC)C(=O)O)cc32)cc1. The number of fused-ring (bicyclic) bond motifs is 3. The molecule has 0 spiro atoms. The molecule has 0 aliphatic rings. The van der Waals surface area contributed by atoms with Crippen LogP contribution >= 0.6 is 11.8 Å². The Balaban J connectivity index is 1.89. The van der Waals surface area contributed by atoms with Crippen LogP contribution in [0.3, 0.4) is 0 Å². The van der Waals surface area contributed by atoms with Crippen molar-refractivity contribution in [3.63, 3.8) is 0 Å². The van der Waals surface area contributed by atoms with Crippen molar-refractivity contribution in [2.75, 3.05) is 13.4 Å². The van der Waals surface area contributed by atoms with Crippen LogP contribution in [0.2, 0.25) is 0 Å². The largest absolute Gasteiger partial charge is 0.497 e. The predicted octanol–water partition coefficient (Wildman–Crippen LogP) is 5.34. The molecule has 0 aliphatic heterocycles. The van der Waals surface area contributed by atoms with Gasteiger partial charge in [-0.3, -0.25) is 4.79 Å². The van der Waals surface area contributed by atoms with Gasteiger partial charge in [-0.15, -0.1) is 11.8 Å². The van der Waals surface area contributed by atoms with Gasteiger partial charge in [-0.1, -0.05) is 42.5 Å². The zero-order valence-electron chi connectivity index (χ0n) is 15.8. The summed E-state index contributed by atoms with van der Waals surface area (Å²) in [4.78, 5) is 11.6. The number of carboxylic acid groups (broad SMARTS) is 1. The second-order valence-electron chi connectivity index (χ2n) is 6.68. The minimum absolute atomic E-state index is 0.572. The fraction of sp³-hybridized carbons (Fsp3) is 0.174. The predicted molar refractivity (Wildman–Crippen MR) is 115 cm³/mol. The van der Waals surface area contributed by atoms with Crippen LogP contribution in [-0.4, -0.2) is 29.0 Å². The van der Waals surface area contributed by atoms with Crippen molar-refractivity contribution < 1.29 is 14.6 Å². The number of thioether (sulfide) groups is 1. The lowest BCUT2D eigenvalue weighted by Crippen LogP contribution is -2.07. The van der Waals surface area contributed by atoms with Crippen LogP contribution in [0.4, 0.5) is 0 Å². The Kier molecular flexibility index (Phi) is 5.01. The number of hydrogen-bond acceptors (Lipinski definition) is 3. The molecule has 0 amide bonds. The first-order valence-corrected chi connectivity index (χ1v) is 10.3. The number of methoxy groups -OCH3 is 1. The standard InChI is InChI=1S/C23H21NO3S/c1-27-17-10-7-15(8-11-17)14-24-20-6-4-3-5-18(20)19-12-9-16(13-21(19)24)22(28-2)23(25)26/h3-13,22H,14H2,1-2H3,(H,25,26). The molecule has 1 N–H and O–H groups in total. The molecular weight excluding hydrogens is 370 g/mol. The van der Waals surface area contributed by atoms with Gasteiger partial charge in [-0.05, 0) is 41.6 Å². The normalized spacial score (nSPS) is 12.4. The van der Waals surface area contributed by atoms with Crippen molar-refractivity contribution >= 4 is 39.5 Å². The van der Waals surface area contributed by atoms with Gasteiger partial charge in [0, 0.05) is 28.4 Å². The van der Waals surface area contributed by atoms with E-state index in [-0.39, 0.29) is 0 Å². The Labute approximate surface area is 167 Å². The lowest BCUT2D eigenvalue weighted by atomic mass is 10.1. The van der Waals surface area contributed by atoms with E-state index >= 15 is 0 Å². The molecule has 3 aromatic carbocycles. The molecule has 1 aromatic heterocycles. The molecule has 0 saturated carbocycles. The number of para-hydroxylation sites is 1. The van der Waals surface area contributed by atoms with Gasteiger partial charge in [-0.2, -0.15) is 0 Å². The highest BCUT2D eigenvalue weighted by Gasteiger charge is 2.20. The number of hydrogen-bond donors (Lipinski definition) is 1. The van der Waals surface area contributed by atoms with Crippen molar-refractivity contribution in [3.8, 4) is 5.75 Å². The van der Waals surface area contributed by atoms with E-state index < -0.39 is 11.2 Å². The topological polar surface area (TPSA) is 51.5 Å². The molecule has 5 heteroatoms. The first-order valence-electron chi connectivity index (χ1n) is 9.02. The average molecular weight is 391 g/mol. The van der Waals surface area contributed by atoms with Crippen LogP contribution in [0.25, 0.3) is 21.8 Å². The molecule has 0 bridgehead atoms. The van der Waals surface area contributed by atoms with E-state index in [2.05, 4.69) is 28.8 Å². The van der Waals surface area contributed by atoms with Gasteiger partial charge in [0.15, 0.2) is 0 Å². The Hall–Kier alpha value is -2.92. The fourth-order valence-electron chi connectivity index (χ4n) is 3.69. The molecule has 1 unspecified atom stereocenters. The van der Waals surface area contributed by atoms with Crippen LogP contribution in [0.1, 0.15) is 16.4 Å². The van der Waals surface area contributed by atoms with Crippen molar-refractivity contribution in [2.24, 2.45) is 0 Å². The van der Waals surface area contributed by atoms with Gasteiger partial charge < -0.3 is 14.4 Å². The molecule has 4 rings (SSSR count). The first kappa shape index (κ1) is 18.4. The fourth-order valence-corrected chi connectivity index (χ4v) is 4.31. The van der Waals surface area contributed by atoms with Crippen LogP contribution in [0.5, 0.6) is 5.75 Å². The van der Waals surface area contributed by atoms with Gasteiger partial charge >= 0.3 is 5.97 Å². The molecule has 28 heavy (non-hydrogen) atoms. The smallest absolute Gasteiger partial charge is 0.321 e. The number of aliphatic carboxylic acids is 1. The Morgan fingerprint density at radius 3 is 2.43 bits per heavy atom. The third-order valence-corrected chi connectivity index (χ3v) is 6.01. The minimum Gasteiger partial charge on any atom is -0.497 e. The summed E-state index contributed by atoms with van der Waals surface area (Å²) in [6.45, 7) is 0.703. The molecular formula is C23H21NO3S. The summed E-state index contributed by atoms with van der Waals surface area (Å²) in [5.41, 5.74) is 4.16. The molecule has 0 radical (unpaired) electrons. The van der Waals surface area contributed by atoms with Crippen molar-refractivity contribution in [2.45, 2.75) is 11.8 Å². The third-order valence-electron chi connectivity index (χ3n) is 5.06. The van der Waals surface area contributed by atoms with Crippen molar-refractivity contribution in [1.82, 2.24) is 4.57 Å². The number of aromatic nitrogens is 1. The van der Waals surface area contributed by atoms with Gasteiger partial charge in [0.25, 0.3) is 0 Å². The lowest BCUT2D eigenvalue weighted by molar-refractivity contribution is -0.136. The van der Waals surface area contributed by atoms with E-state index in [9.17, 15) is 9.90 Å². The maximum atomic E-state index is 11.6. The molecule has 1 heterocycles. The quantitative estimate of drug-likeness (QED) is 0.482. The number of nitrogens with zero attached hydrogens (tertiary/aromatic N) is 1. The summed E-state index contributed by atoms with van der Waals surface area (Å²) >= 11 is 1.34. The van der Waals surface area contributed by atoms with E-state index in [0.29, 0.717) is 6.54 Å². The second kappa shape index (κ2) is 7.60. The summed E-state index contributed by atoms with van der Waals surface area (Å²) < 4.78 is 7.52. The Bertz CT molecular complexity index is 1150. The second-order valence-corrected chi connectivity index (χ2v) is 7.62. The van der Waals surface area contributed by atoms with E-state index in [1.807, 2.05) is 48.7 Å². The van der Waals surface area contributed by atoms with Gasteiger partial charge in [0.1, 0.15) is 11.0 Å². The van der Waals surface area contributed by atoms with Crippen molar-refractivity contribution in [3.05, 3.63) is 77.9 Å². The van der Waals surface area contributed by atoms with Crippen molar-refractivity contribution in [1.29, 1.82) is 0 Å². The first-order chi connectivity index (χ1) is 13.6. The van der Waals surface area contributed by atoms with Crippen LogP contribution in [0, 0.1) is 0 Å². The number of ether oxygens (including phenoxy) is 1. The maximum Gasteiger partial charge on any atom is 0.321 e. The van der Waals surface area contributed by atoms with E-state index in [4.69, 9.17) is 4.74 Å². The Morgan fingerprint density at radius 1 is 1.04 bits per heavy atom. The summed E-state index contributed by atoms with van der Waals surface area (Å²) in [6.07, 6.45) is 1.83. The number of carboxylic acids is 1. The average Bonchev–Trinajstić information content (AvgIpc) is 3.02. The van der Waals surface area contributed by atoms with Crippen LogP contribution < -0.4 is 4.74 Å². The van der Waals surface area contributed by atoms with Gasteiger partial charge in [0.05, 0.1) is 7.11 Å². The molecule has 0 saturated heterocycles. The highest BCUT2D eigenvalue weighted by atomic mass is 32.2. The molecule has 142 valence electrons. The van der Waals surface area contributed by atoms with Gasteiger partial charge in [0.2, 0.25) is 0 Å². The minimum atomic E-state index is -0.815. The summed E-state index contributed by atoms with van der Waals surface area (Å²) in [5.74, 6) is 0.0159. The number of carbonyl (C=O) groups is 1. The molecule has 4 aromatic rings. The zero-order valence-corrected chi connectivity index (χ0v) is 16.6. The van der Waals surface area contributed by atoms with Gasteiger partial charge in [-0.25, -0.2) is 0 Å². The van der Waals surface area contributed by atoms with E-state index in [1.54, 1.807) is 7.11 Å². The van der Waals surface area contributed by atoms with Crippen LogP contribution in [-0.2, 0) is 11.3 Å². The monoisotopic (exact) mass is 391 g/mol. The molecule has 0 fully saturated rings. The molecule has 1 atom stereocenters. The third kappa shape index (κ3) is 3.22. The summed E-state index contributed by atoms with van der Waals surface area (Å²) in [5, 5.41) is 11.3. The molecule has 4 nitrogen and oxygen atoms in total. The van der Waals surface area contributed by atoms with E-state index in [1.165, 1.54) is 17.1 Å². The summed E-state index contributed by atoms with van der Waals surface area (Å²) in [7, 11) is 1.66. The summed E-state index contributed by atoms with van der Waals surface area (Å²) in [6, 6.07) is 22.3. The highest BCUT2D eigenvalue weighted by Crippen LogP contribution is 2.34. The lowest BCUT2D eigenvalue weighted by Gasteiger charge is -2.12. The number of benzene rings is 3. The Morgan fingerprint density at radius 2 is 1.75 bits per heavy atom. The highest BCUT2D eigenvalue weighted by molar-refractivity contribution is 7.99. The maximum absolute atomic E-state index is 11.6. The molecule has 0 aliphatic carbocycles. The number of rotatable bonds is 6. The van der Waals surface area contributed by atoms with Crippen LogP contribution in [0.15, 0.2) is 66.7 Å². The van der Waals surface area contributed by atoms with E-state index in [0.717, 1.165) is 33.3 Å². The zero-order chi connectivity index (χ0) is 19.7.